The molecule has 9 heteroatoms. The van der Waals surface area contributed by atoms with Crippen LogP contribution in [0.2, 0.25) is 0 Å². The third kappa shape index (κ3) is 4.35. The number of nitrogens with one attached hydrogen (secondary N) is 2. The predicted molar refractivity (Wildman–Crippen MR) is 82.8 cm³/mol. The van der Waals surface area contributed by atoms with E-state index < -0.39 is 11.9 Å². The molecule has 0 saturated carbocycles. The lowest BCUT2D eigenvalue weighted by Gasteiger charge is -2.04. The molecule has 2 N–H and O–H groups in total. The Morgan fingerprint density at radius 3 is 2.82 bits per heavy atom. The molecule has 0 saturated heterocycles. The number of hydrogen-bond donors (Lipinski definition) is 2. The summed E-state index contributed by atoms with van der Waals surface area (Å²) >= 11 is 3.40. The van der Waals surface area contributed by atoms with Crippen molar-refractivity contribution in [3.05, 3.63) is 28.7 Å². The SMILES string of the molecule is CCCNC(=O)NC(=O)Cn1nnc(-c2ccccc2Br)n1. The molecule has 2 aromatic rings. The number of tetrazole rings is 1. The van der Waals surface area contributed by atoms with Gasteiger partial charge in [-0.3, -0.25) is 10.1 Å². The third-order valence-corrected chi connectivity index (χ3v) is 3.33. The molecule has 0 aliphatic heterocycles. The number of amides is 3. The Morgan fingerprint density at radius 2 is 2.09 bits per heavy atom. The van der Waals surface area contributed by atoms with E-state index in [2.05, 4.69) is 42.0 Å². The molecule has 0 radical (unpaired) electrons. The summed E-state index contributed by atoms with van der Waals surface area (Å²) in [6.45, 7) is 2.24. The van der Waals surface area contributed by atoms with E-state index in [1.54, 1.807) is 0 Å². The lowest BCUT2D eigenvalue weighted by atomic mass is 10.2. The third-order valence-electron chi connectivity index (χ3n) is 2.64. The van der Waals surface area contributed by atoms with Gasteiger partial charge in [-0.25, -0.2) is 4.79 Å². The average Bonchev–Trinajstić information content (AvgIpc) is 2.93. The van der Waals surface area contributed by atoms with E-state index in [0.29, 0.717) is 12.4 Å². The Morgan fingerprint density at radius 1 is 1.32 bits per heavy atom. The van der Waals surface area contributed by atoms with Gasteiger partial charge in [-0.05, 0) is 23.8 Å². The van der Waals surface area contributed by atoms with Crippen LogP contribution >= 0.6 is 15.9 Å². The fourth-order valence-electron chi connectivity index (χ4n) is 1.64. The van der Waals surface area contributed by atoms with Crippen LogP contribution < -0.4 is 10.6 Å². The first-order valence-corrected chi connectivity index (χ1v) is 7.50. The van der Waals surface area contributed by atoms with Crippen molar-refractivity contribution in [1.29, 1.82) is 0 Å². The topological polar surface area (TPSA) is 102 Å². The number of aromatic nitrogens is 4. The van der Waals surface area contributed by atoms with Gasteiger partial charge in [0.1, 0.15) is 6.54 Å². The molecule has 0 fully saturated rings. The molecule has 8 nitrogen and oxygen atoms in total. The van der Waals surface area contributed by atoms with Gasteiger partial charge in [0.25, 0.3) is 5.91 Å². The van der Waals surface area contributed by atoms with E-state index in [1.165, 1.54) is 0 Å². The van der Waals surface area contributed by atoms with Crippen LogP contribution in [0.25, 0.3) is 11.4 Å². The van der Waals surface area contributed by atoms with Crippen molar-refractivity contribution >= 4 is 27.9 Å². The van der Waals surface area contributed by atoms with E-state index in [-0.39, 0.29) is 6.54 Å². The number of nitrogens with zero attached hydrogens (tertiary/aromatic N) is 4. The first-order chi connectivity index (χ1) is 10.6. The number of urea groups is 1. The maximum absolute atomic E-state index is 11.7. The monoisotopic (exact) mass is 366 g/mol. The number of carbonyl (C=O) groups is 2. The van der Waals surface area contributed by atoms with Gasteiger partial charge in [0.15, 0.2) is 0 Å². The predicted octanol–water partition coefficient (Wildman–Crippen LogP) is 1.34. The van der Waals surface area contributed by atoms with Crippen LogP contribution in [0.5, 0.6) is 0 Å². The second-order valence-corrected chi connectivity index (χ2v) is 5.28. The summed E-state index contributed by atoms with van der Waals surface area (Å²) in [4.78, 5) is 24.2. The number of imide groups is 1. The van der Waals surface area contributed by atoms with Crippen LogP contribution in [0.3, 0.4) is 0 Å². The number of rotatable bonds is 5. The van der Waals surface area contributed by atoms with Crippen molar-refractivity contribution < 1.29 is 9.59 Å². The van der Waals surface area contributed by atoms with Crippen LogP contribution in [0, 0.1) is 0 Å². The molecule has 1 heterocycles. The standard InChI is InChI=1S/C13H15BrN6O2/c1-2-7-15-13(22)16-11(21)8-20-18-12(17-19-20)9-5-3-4-6-10(9)14/h3-6H,2,7-8H2,1H3,(H2,15,16,21,22). The summed E-state index contributed by atoms with van der Waals surface area (Å²) in [5.74, 6) is -0.111. The highest BCUT2D eigenvalue weighted by molar-refractivity contribution is 9.10. The molecule has 0 bridgehead atoms. The molecule has 1 aromatic heterocycles. The molecule has 0 aliphatic rings. The highest BCUT2D eigenvalue weighted by Crippen LogP contribution is 2.23. The van der Waals surface area contributed by atoms with Crippen LogP contribution in [0.4, 0.5) is 4.79 Å². The molecule has 0 atom stereocenters. The molecular weight excluding hydrogens is 352 g/mol. The first kappa shape index (κ1) is 16.1. The zero-order chi connectivity index (χ0) is 15.9. The highest BCUT2D eigenvalue weighted by Gasteiger charge is 2.12. The van der Waals surface area contributed by atoms with Crippen molar-refractivity contribution in [2.45, 2.75) is 19.9 Å². The van der Waals surface area contributed by atoms with Gasteiger partial charge >= 0.3 is 6.03 Å². The van der Waals surface area contributed by atoms with E-state index >= 15 is 0 Å². The number of hydrogen-bond acceptors (Lipinski definition) is 5. The molecule has 0 spiro atoms. The summed E-state index contributed by atoms with van der Waals surface area (Å²) in [6, 6.07) is 6.90. The fourth-order valence-corrected chi connectivity index (χ4v) is 2.10. The lowest BCUT2D eigenvalue weighted by Crippen LogP contribution is -2.41. The van der Waals surface area contributed by atoms with Gasteiger partial charge in [-0.1, -0.05) is 35.0 Å². The minimum Gasteiger partial charge on any atom is -0.338 e. The van der Waals surface area contributed by atoms with E-state index in [4.69, 9.17) is 0 Å². The zero-order valence-corrected chi connectivity index (χ0v) is 13.5. The number of carbonyl (C=O) groups excluding carboxylic acids is 2. The van der Waals surface area contributed by atoms with E-state index in [9.17, 15) is 9.59 Å². The van der Waals surface area contributed by atoms with Crippen molar-refractivity contribution in [2.75, 3.05) is 6.54 Å². The second kappa shape index (κ2) is 7.64. The Labute approximate surface area is 135 Å². The highest BCUT2D eigenvalue weighted by atomic mass is 79.9. The summed E-state index contributed by atoms with van der Waals surface area (Å²) in [5, 5.41) is 16.6. The van der Waals surface area contributed by atoms with Crippen LogP contribution in [0.1, 0.15) is 13.3 Å². The summed E-state index contributed by atoms with van der Waals surface area (Å²) < 4.78 is 0.831. The number of halogens is 1. The van der Waals surface area contributed by atoms with Crippen molar-refractivity contribution in [2.24, 2.45) is 0 Å². The van der Waals surface area contributed by atoms with Gasteiger partial charge < -0.3 is 5.32 Å². The Balaban J connectivity index is 1.96. The summed E-state index contributed by atoms with van der Waals surface area (Å²) in [7, 11) is 0. The minimum absolute atomic E-state index is 0.184. The molecule has 22 heavy (non-hydrogen) atoms. The van der Waals surface area contributed by atoms with Gasteiger partial charge in [0.2, 0.25) is 5.82 Å². The van der Waals surface area contributed by atoms with Crippen molar-refractivity contribution in [3.8, 4) is 11.4 Å². The van der Waals surface area contributed by atoms with Gasteiger partial charge in [-0.15, -0.1) is 10.2 Å². The molecular formula is C13H15BrN6O2. The molecule has 1 aromatic carbocycles. The van der Waals surface area contributed by atoms with Crippen LogP contribution in [0.15, 0.2) is 28.7 Å². The Bertz CT molecular complexity index is 672. The largest absolute Gasteiger partial charge is 0.338 e. The quantitative estimate of drug-likeness (QED) is 0.831. The average molecular weight is 367 g/mol. The van der Waals surface area contributed by atoms with Gasteiger partial charge in [0, 0.05) is 16.6 Å². The van der Waals surface area contributed by atoms with Crippen molar-refractivity contribution in [1.82, 2.24) is 30.8 Å². The van der Waals surface area contributed by atoms with E-state index in [1.807, 2.05) is 31.2 Å². The van der Waals surface area contributed by atoms with Gasteiger partial charge in [-0.2, -0.15) is 4.80 Å². The minimum atomic E-state index is -0.530. The first-order valence-electron chi connectivity index (χ1n) is 6.70. The smallest absolute Gasteiger partial charge is 0.321 e. The maximum atomic E-state index is 11.7. The second-order valence-electron chi connectivity index (χ2n) is 4.43. The van der Waals surface area contributed by atoms with Crippen LogP contribution in [-0.2, 0) is 11.3 Å². The molecule has 0 unspecified atom stereocenters. The van der Waals surface area contributed by atoms with Gasteiger partial charge in [0.05, 0.1) is 0 Å². The Kier molecular flexibility index (Phi) is 5.59. The maximum Gasteiger partial charge on any atom is 0.321 e. The molecule has 3 amide bonds. The molecule has 116 valence electrons. The normalized spacial score (nSPS) is 10.3. The van der Waals surface area contributed by atoms with Crippen LogP contribution in [-0.4, -0.2) is 38.7 Å². The molecule has 2 rings (SSSR count). The van der Waals surface area contributed by atoms with Crippen molar-refractivity contribution in [3.63, 3.8) is 0 Å². The summed E-state index contributed by atoms with van der Waals surface area (Å²) in [6.07, 6.45) is 0.793. The number of benzene rings is 1. The molecule has 0 aliphatic carbocycles. The zero-order valence-electron chi connectivity index (χ0n) is 11.9. The lowest BCUT2D eigenvalue weighted by molar-refractivity contribution is -0.121. The fraction of sp³-hybridized carbons (Fsp3) is 0.308. The Hall–Kier alpha value is -2.29. The summed E-state index contributed by atoms with van der Waals surface area (Å²) in [5.41, 5.74) is 0.773. The van der Waals surface area contributed by atoms with E-state index in [0.717, 1.165) is 21.3 Å².